The van der Waals surface area contributed by atoms with E-state index >= 15 is 0 Å². The second-order valence-corrected chi connectivity index (χ2v) is 4.43. The van der Waals surface area contributed by atoms with Gasteiger partial charge in [-0.25, -0.2) is 9.97 Å². The lowest BCUT2D eigenvalue weighted by atomic mass is 10.3. The minimum absolute atomic E-state index is 0.0589. The predicted molar refractivity (Wildman–Crippen MR) is 76.4 cm³/mol. The molecule has 0 unspecified atom stereocenters. The molecule has 20 heavy (non-hydrogen) atoms. The summed E-state index contributed by atoms with van der Waals surface area (Å²) in [7, 11) is 0. The van der Waals surface area contributed by atoms with Gasteiger partial charge in [-0.3, -0.25) is 4.79 Å². The van der Waals surface area contributed by atoms with Gasteiger partial charge >= 0.3 is 0 Å². The standard InChI is InChI=1S/C15H14N4O/c20-15(18-13-6-1-3-9-16-13)8-7-14-17-11-12-5-2-4-10-19(12)14/h1-6,9-11H,7-8H2,(H,16,18,20). The van der Waals surface area contributed by atoms with Crippen molar-refractivity contribution < 1.29 is 4.79 Å². The second-order valence-electron chi connectivity index (χ2n) is 4.43. The first-order chi connectivity index (χ1) is 9.83. The molecule has 0 radical (unpaired) electrons. The molecule has 0 saturated carbocycles. The Hall–Kier alpha value is -2.69. The number of anilines is 1. The number of aromatic nitrogens is 3. The van der Waals surface area contributed by atoms with Crippen LogP contribution in [0.4, 0.5) is 5.82 Å². The molecule has 3 heterocycles. The maximum Gasteiger partial charge on any atom is 0.225 e. The van der Waals surface area contributed by atoms with Gasteiger partial charge in [-0.05, 0) is 24.3 Å². The fraction of sp³-hybridized carbons (Fsp3) is 0.133. The van der Waals surface area contributed by atoms with Crippen molar-refractivity contribution in [2.24, 2.45) is 0 Å². The summed E-state index contributed by atoms with van der Waals surface area (Å²) in [6.07, 6.45) is 6.39. The lowest BCUT2D eigenvalue weighted by Gasteiger charge is -2.04. The summed E-state index contributed by atoms with van der Waals surface area (Å²) in [4.78, 5) is 20.3. The Morgan fingerprint density at radius 3 is 2.90 bits per heavy atom. The molecule has 0 aromatic carbocycles. The van der Waals surface area contributed by atoms with Gasteiger partial charge in [0.2, 0.25) is 5.91 Å². The molecule has 0 bridgehead atoms. The molecule has 3 aromatic rings. The van der Waals surface area contributed by atoms with Gasteiger partial charge in [0.25, 0.3) is 0 Å². The third kappa shape index (κ3) is 2.66. The van der Waals surface area contributed by atoms with Crippen molar-refractivity contribution in [1.82, 2.24) is 14.4 Å². The third-order valence-corrected chi connectivity index (χ3v) is 3.02. The third-order valence-electron chi connectivity index (χ3n) is 3.02. The molecule has 1 N–H and O–H groups in total. The Labute approximate surface area is 116 Å². The lowest BCUT2D eigenvalue weighted by Crippen LogP contribution is -2.13. The number of nitrogens with one attached hydrogen (secondary N) is 1. The van der Waals surface area contributed by atoms with Gasteiger partial charge in [0.05, 0.1) is 11.7 Å². The van der Waals surface area contributed by atoms with Gasteiger partial charge < -0.3 is 9.72 Å². The van der Waals surface area contributed by atoms with Crippen LogP contribution in [0.2, 0.25) is 0 Å². The van der Waals surface area contributed by atoms with Crippen LogP contribution in [-0.4, -0.2) is 20.3 Å². The number of hydrogen-bond acceptors (Lipinski definition) is 3. The highest BCUT2D eigenvalue weighted by molar-refractivity contribution is 5.89. The van der Waals surface area contributed by atoms with Crippen molar-refractivity contribution in [2.45, 2.75) is 12.8 Å². The van der Waals surface area contributed by atoms with Crippen LogP contribution in [0.3, 0.4) is 0 Å². The van der Waals surface area contributed by atoms with E-state index < -0.39 is 0 Å². The number of imidazole rings is 1. The molecule has 5 heteroatoms. The molecule has 0 saturated heterocycles. The van der Waals surface area contributed by atoms with Crippen molar-refractivity contribution in [1.29, 1.82) is 0 Å². The molecule has 0 aliphatic heterocycles. The topological polar surface area (TPSA) is 59.3 Å². The normalized spacial score (nSPS) is 10.6. The molecule has 3 rings (SSSR count). The average Bonchev–Trinajstić information content (AvgIpc) is 2.89. The number of hydrogen-bond donors (Lipinski definition) is 1. The smallest absolute Gasteiger partial charge is 0.225 e. The number of rotatable bonds is 4. The fourth-order valence-electron chi connectivity index (χ4n) is 2.05. The molecule has 5 nitrogen and oxygen atoms in total. The van der Waals surface area contributed by atoms with E-state index in [9.17, 15) is 4.79 Å². The van der Waals surface area contributed by atoms with E-state index in [2.05, 4.69) is 15.3 Å². The SMILES string of the molecule is O=C(CCc1ncc2ccccn12)Nc1ccccn1. The number of carbonyl (C=O) groups is 1. The van der Waals surface area contributed by atoms with E-state index in [4.69, 9.17) is 0 Å². The molecule has 100 valence electrons. The molecule has 0 spiro atoms. The van der Waals surface area contributed by atoms with Gasteiger partial charge in [0, 0.05) is 25.2 Å². The average molecular weight is 266 g/mol. The maximum atomic E-state index is 11.9. The van der Waals surface area contributed by atoms with Crippen LogP contribution in [-0.2, 0) is 11.2 Å². The molecule has 3 aromatic heterocycles. The van der Waals surface area contributed by atoms with Crippen LogP contribution in [0, 0.1) is 0 Å². The molecule has 0 fully saturated rings. The zero-order chi connectivity index (χ0) is 13.8. The van der Waals surface area contributed by atoms with Crippen LogP contribution in [0.1, 0.15) is 12.2 Å². The summed E-state index contributed by atoms with van der Waals surface area (Å²) < 4.78 is 1.99. The number of amides is 1. The minimum atomic E-state index is -0.0589. The number of pyridine rings is 2. The summed E-state index contributed by atoms with van der Waals surface area (Å²) >= 11 is 0. The number of nitrogens with zero attached hydrogens (tertiary/aromatic N) is 3. The lowest BCUT2D eigenvalue weighted by molar-refractivity contribution is -0.116. The number of carbonyl (C=O) groups excluding carboxylic acids is 1. The first kappa shape index (κ1) is 12.3. The first-order valence-electron chi connectivity index (χ1n) is 6.45. The number of aryl methyl sites for hydroxylation is 1. The van der Waals surface area contributed by atoms with Crippen LogP contribution >= 0.6 is 0 Å². The highest BCUT2D eigenvalue weighted by atomic mass is 16.1. The van der Waals surface area contributed by atoms with Crippen LogP contribution in [0.15, 0.2) is 55.0 Å². The van der Waals surface area contributed by atoms with E-state index in [0.29, 0.717) is 18.7 Å². The summed E-state index contributed by atoms with van der Waals surface area (Å²) in [6.45, 7) is 0. The fourth-order valence-corrected chi connectivity index (χ4v) is 2.05. The Bertz CT molecular complexity index is 721. The summed E-state index contributed by atoms with van der Waals surface area (Å²) in [5.41, 5.74) is 1.03. The van der Waals surface area contributed by atoms with Gasteiger partial charge in [-0.15, -0.1) is 0 Å². The van der Waals surface area contributed by atoms with Crippen LogP contribution in [0.5, 0.6) is 0 Å². The number of fused-ring (bicyclic) bond motifs is 1. The van der Waals surface area contributed by atoms with Crippen molar-refractivity contribution in [3.8, 4) is 0 Å². The summed E-state index contributed by atoms with van der Waals surface area (Å²) in [6, 6.07) is 11.3. The van der Waals surface area contributed by atoms with Gasteiger partial charge in [0.1, 0.15) is 11.6 Å². The minimum Gasteiger partial charge on any atom is -0.311 e. The van der Waals surface area contributed by atoms with E-state index in [1.807, 2.05) is 47.1 Å². The highest BCUT2D eigenvalue weighted by Gasteiger charge is 2.07. The summed E-state index contributed by atoms with van der Waals surface area (Å²) in [5.74, 6) is 1.40. The Balaban J connectivity index is 1.63. The van der Waals surface area contributed by atoms with E-state index in [-0.39, 0.29) is 5.91 Å². The molecule has 1 amide bonds. The molecular weight excluding hydrogens is 252 g/mol. The zero-order valence-corrected chi connectivity index (χ0v) is 10.9. The Morgan fingerprint density at radius 1 is 1.15 bits per heavy atom. The van der Waals surface area contributed by atoms with Crippen molar-refractivity contribution in [2.75, 3.05) is 5.32 Å². The maximum absolute atomic E-state index is 11.9. The monoisotopic (exact) mass is 266 g/mol. The Morgan fingerprint density at radius 2 is 2.05 bits per heavy atom. The molecule has 0 atom stereocenters. The first-order valence-corrected chi connectivity index (χ1v) is 6.45. The predicted octanol–water partition coefficient (Wildman–Crippen LogP) is 2.30. The van der Waals surface area contributed by atoms with Gasteiger partial charge in [-0.2, -0.15) is 0 Å². The molecule has 0 aliphatic carbocycles. The Kier molecular flexibility index (Phi) is 3.41. The van der Waals surface area contributed by atoms with E-state index in [1.54, 1.807) is 12.3 Å². The highest BCUT2D eigenvalue weighted by Crippen LogP contribution is 2.09. The van der Waals surface area contributed by atoms with Crippen molar-refractivity contribution in [3.05, 3.63) is 60.8 Å². The van der Waals surface area contributed by atoms with Gasteiger partial charge in [0.15, 0.2) is 0 Å². The quantitative estimate of drug-likeness (QED) is 0.788. The van der Waals surface area contributed by atoms with E-state index in [1.165, 1.54) is 0 Å². The van der Waals surface area contributed by atoms with Gasteiger partial charge in [-0.1, -0.05) is 12.1 Å². The molecular formula is C15H14N4O. The van der Waals surface area contributed by atoms with Crippen LogP contribution in [0.25, 0.3) is 5.52 Å². The molecule has 0 aliphatic rings. The second kappa shape index (κ2) is 5.52. The largest absolute Gasteiger partial charge is 0.311 e. The van der Waals surface area contributed by atoms with Crippen LogP contribution < -0.4 is 5.32 Å². The zero-order valence-electron chi connectivity index (χ0n) is 10.9. The van der Waals surface area contributed by atoms with E-state index in [0.717, 1.165) is 11.3 Å². The summed E-state index contributed by atoms with van der Waals surface area (Å²) in [5, 5.41) is 2.77. The van der Waals surface area contributed by atoms with Crippen molar-refractivity contribution >= 4 is 17.2 Å². The van der Waals surface area contributed by atoms with Crippen molar-refractivity contribution in [3.63, 3.8) is 0 Å².